The molecule has 15 heavy (non-hydrogen) atoms. The zero-order valence-corrected chi connectivity index (χ0v) is 9.06. The molecule has 1 atom stereocenters. The standard InChI is InChI=1S/C13H19NO/c14-9-10-15-13(12-7-4-8-12)11-5-2-1-3-6-11/h1-3,5-6,12-13H,4,7-10,14H2/t13-/m0/s1. The summed E-state index contributed by atoms with van der Waals surface area (Å²) in [6.07, 6.45) is 4.21. The van der Waals surface area contributed by atoms with E-state index in [9.17, 15) is 0 Å². The number of hydrogen-bond acceptors (Lipinski definition) is 2. The van der Waals surface area contributed by atoms with Gasteiger partial charge in [-0.1, -0.05) is 36.8 Å². The number of benzene rings is 1. The fourth-order valence-electron chi connectivity index (χ4n) is 2.08. The first-order chi connectivity index (χ1) is 7.42. The highest BCUT2D eigenvalue weighted by Gasteiger charge is 2.28. The molecule has 1 saturated carbocycles. The van der Waals surface area contributed by atoms with E-state index in [2.05, 4.69) is 24.3 Å². The van der Waals surface area contributed by atoms with Crippen LogP contribution in [0.4, 0.5) is 0 Å². The number of hydrogen-bond donors (Lipinski definition) is 1. The van der Waals surface area contributed by atoms with Gasteiger partial charge in [-0.15, -0.1) is 0 Å². The van der Waals surface area contributed by atoms with Crippen molar-refractivity contribution in [3.8, 4) is 0 Å². The molecule has 82 valence electrons. The lowest BCUT2D eigenvalue weighted by atomic mass is 9.78. The van der Waals surface area contributed by atoms with Crippen molar-refractivity contribution in [2.24, 2.45) is 11.7 Å². The monoisotopic (exact) mass is 205 g/mol. The smallest absolute Gasteiger partial charge is 0.0853 e. The van der Waals surface area contributed by atoms with E-state index >= 15 is 0 Å². The Labute approximate surface area is 91.4 Å². The molecule has 0 aliphatic heterocycles. The number of rotatable bonds is 5. The van der Waals surface area contributed by atoms with E-state index in [1.165, 1.54) is 24.8 Å². The van der Waals surface area contributed by atoms with Crippen LogP contribution < -0.4 is 5.73 Å². The zero-order chi connectivity index (χ0) is 10.5. The van der Waals surface area contributed by atoms with Gasteiger partial charge in [0.25, 0.3) is 0 Å². The van der Waals surface area contributed by atoms with Crippen molar-refractivity contribution < 1.29 is 4.74 Å². The van der Waals surface area contributed by atoms with Crippen molar-refractivity contribution in [1.29, 1.82) is 0 Å². The van der Waals surface area contributed by atoms with Crippen LogP contribution in [0.1, 0.15) is 30.9 Å². The van der Waals surface area contributed by atoms with Gasteiger partial charge >= 0.3 is 0 Å². The fourth-order valence-corrected chi connectivity index (χ4v) is 2.08. The first-order valence-corrected chi connectivity index (χ1v) is 5.78. The minimum atomic E-state index is 0.267. The van der Waals surface area contributed by atoms with Gasteiger partial charge in [-0.3, -0.25) is 0 Å². The molecule has 0 spiro atoms. The average Bonchev–Trinajstić information content (AvgIpc) is 2.22. The molecule has 2 heteroatoms. The summed E-state index contributed by atoms with van der Waals surface area (Å²) >= 11 is 0. The van der Waals surface area contributed by atoms with Crippen LogP contribution in [0.2, 0.25) is 0 Å². The molecule has 0 radical (unpaired) electrons. The Morgan fingerprint density at radius 3 is 2.53 bits per heavy atom. The van der Waals surface area contributed by atoms with Crippen LogP contribution in [0.5, 0.6) is 0 Å². The molecule has 0 bridgehead atoms. The van der Waals surface area contributed by atoms with E-state index in [4.69, 9.17) is 10.5 Å². The minimum Gasteiger partial charge on any atom is -0.372 e. The van der Waals surface area contributed by atoms with Crippen molar-refractivity contribution in [3.63, 3.8) is 0 Å². The van der Waals surface area contributed by atoms with E-state index in [1.807, 2.05) is 6.07 Å². The predicted molar refractivity (Wildman–Crippen MR) is 61.5 cm³/mol. The van der Waals surface area contributed by atoms with Gasteiger partial charge in [0.05, 0.1) is 12.7 Å². The maximum atomic E-state index is 5.86. The Hall–Kier alpha value is -0.860. The average molecular weight is 205 g/mol. The molecule has 0 unspecified atom stereocenters. The molecule has 1 aromatic rings. The molecule has 2 nitrogen and oxygen atoms in total. The first kappa shape index (κ1) is 10.7. The molecule has 0 aromatic heterocycles. The van der Waals surface area contributed by atoms with Crippen LogP contribution in [0, 0.1) is 5.92 Å². The van der Waals surface area contributed by atoms with E-state index in [1.54, 1.807) is 0 Å². The Morgan fingerprint density at radius 2 is 2.00 bits per heavy atom. The Kier molecular flexibility index (Phi) is 3.75. The normalized spacial score (nSPS) is 18.5. The molecule has 1 aliphatic carbocycles. The van der Waals surface area contributed by atoms with E-state index in [0.29, 0.717) is 19.1 Å². The molecule has 0 saturated heterocycles. The van der Waals surface area contributed by atoms with Crippen LogP contribution in [-0.2, 0) is 4.74 Å². The Morgan fingerprint density at radius 1 is 1.27 bits per heavy atom. The maximum Gasteiger partial charge on any atom is 0.0853 e. The summed E-state index contributed by atoms with van der Waals surface area (Å²) in [5, 5.41) is 0. The Balaban J connectivity index is 2.04. The second-order valence-electron chi connectivity index (χ2n) is 4.18. The second kappa shape index (κ2) is 5.29. The molecular weight excluding hydrogens is 186 g/mol. The fraction of sp³-hybridized carbons (Fsp3) is 0.538. The van der Waals surface area contributed by atoms with Crippen LogP contribution in [0.15, 0.2) is 30.3 Å². The van der Waals surface area contributed by atoms with Gasteiger partial charge in [0.15, 0.2) is 0 Å². The van der Waals surface area contributed by atoms with Crippen molar-refractivity contribution in [2.45, 2.75) is 25.4 Å². The molecule has 0 heterocycles. The Bertz CT molecular complexity index is 282. The summed E-state index contributed by atoms with van der Waals surface area (Å²) in [5.74, 6) is 0.707. The molecular formula is C13H19NO. The van der Waals surface area contributed by atoms with Gasteiger partial charge < -0.3 is 10.5 Å². The topological polar surface area (TPSA) is 35.2 Å². The number of nitrogens with two attached hydrogens (primary N) is 1. The van der Waals surface area contributed by atoms with Crippen molar-refractivity contribution in [3.05, 3.63) is 35.9 Å². The summed E-state index contributed by atoms with van der Waals surface area (Å²) in [5.41, 5.74) is 6.79. The highest BCUT2D eigenvalue weighted by atomic mass is 16.5. The summed E-state index contributed by atoms with van der Waals surface area (Å²) < 4.78 is 5.86. The van der Waals surface area contributed by atoms with Gasteiger partial charge in [-0.05, 0) is 24.3 Å². The largest absolute Gasteiger partial charge is 0.372 e. The van der Waals surface area contributed by atoms with Crippen LogP contribution in [-0.4, -0.2) is 13.2 Å². The lowest BCUT2D eigenvalue weighted by molar-refractivity contribution is -0.0119. The van der Waals surface area contributed by atoms with Crippen molar-refractivity contribution >= 4 is 0 Å². The quantitative estimate of drug-likeness (QED) is 0.801. The predicted octanol–water partition coefficient (Wildman–Crippen LogP) is 2.50. The van der Waals surface area contributed by atoms with Crippen molar-refractivity contribution in [2.75, 3.05) is 13.2 Å². The number of ether oxygens (including phenoxy) is 1. The van der Waals surface area contributed by atoms with Crippen LogP contribution in [0.25, 0.3) is 0 Å². The molecule has 2 N–H and O–H groups in total. The van der Waals surface area contributed by atoms with Crippen LogP contribution >= 0.6 is 0 Å². The minimum absolute atomic E-state index is 0.267. The van der Waals surface area contributed by atoms with Gasteiger partial charge in [-0.2, -0.15) is 0 Å². The summed E-state index contributed by atoms with van der Waals surface area (Å²) in [4.78, 5) is 0. The third-order valence-corrected chi connectivity index (χ3v) is 3.12. The van der Waals surface area contributed by atoms with Crippen molar-refractivity contribution in [1.82, 2.24) is 0 Å². The van der Waals surface area contributed by atoms with Gasteiger partial charge in [0.2, 0.25) is 0 Å². The van der Waals surface area contributed by atoms with E-state index in [0.717, 1.165) is 0 Å². The summed E-state index contributed by atoms with van der Waals surface area (Å²) in [6.45, 7) is 1.27. The third kappa shape index (κ3) is 2.58. The lowest BCUT2D eigenvalue weighted by Gasteiger charge is -2.33. The SMILES string of the molecule is NCCO[C@@H](c1ccccc1)C1CCC1. The zero-order valence-electron chi connectivity index (χ0n) is 9.06. The van der Waals surface area contributed by atoms with E-state index in [-0.39, 0.29) is 6.10 Å². The van der Waals surface area contributed by atoms with Gasteiger partial charge in [0.1, 0.15) is 0 Å². The summed E-state index contributed by atoms with van der Waals surface area (Å²) in [6, 6.07) is 10.5. The second-order valence-corrected chi connectivity index (χ2v) is 4.18. The highest BCUT2D eigenvalue weighted by molar-refractivity contribution is 5.18. The maximum absolute atomic E-state index is 5.86. The highest BCUT2D eigenvalue weighted by Crippen LogP contribution is 2.39. The molecule has 1 aliphatic rings. The molecule has 2 rings (SSSR count). The van der Waals surface area contributed by atoms with Gasteiger partial charge in [-0.25, -0.2) is 0 Å². The molecule has 1 aromatic carbocycles. The van der Waals surface area contributed by atoms with Crippen LogP contribution in [0.3, 0.4) is 0 Å². The van der Waals surface area contributed by atoms with Gasteiger partial charge in [0, 0.05) is 6.54 Å². The lowest BCUT2D eigenvalue weighted by Crippen LogP contribution is -2.24. The third-order valence-electron chi connectivity index (χ3n) is 3.12. The first-order valence-electron chi connectivity index (χ1n) is 5.78. The van der Waals surface area contributed by atoms with E-state index < -0.39 is 0 Å². The molecule has 0 amide bonds. The molecule has 1 fully saturated rings. The summed E-state index contributed by atoms with van der Waals surface area (Å²) in [7, 11) is 0.